The summed E-state index contributed by atoms with van der Waals surface area (Å²) in [5, 5.41) is 0. The molecule has 1 rings (SSSR count). The van der Waals surface area contributed by atoms with Crippen molar-refractivity contribution >= 4 is 6.47 Å². The molecular weight excluding hydrogens is 339 g/mol. The van der Waals surface area contributed by atoms with E-state index in [4.69, 9.17) is 14.4 Å². The first-order valence-corrected chi connectivity index (χ1v) is 8.06. The molecule has 0 atom stereocenters. The highest BCUT2D eigenvalue weighted by atomic mass is 19.1. The third-order valence-corrected chi connectivity index (χ3v) is 3.35. The van der Waals surface area contributed by atoms with Crippen molar-refractivity contribution in [2.75, 3.05) is 14.2 Å². The average molecular weight is 366 g/mol. The van der Waals surface area contributed by atoms with Crippen LogP contribution in [0.15, 0.2) is 48.3 Å². The fourth-order valence-electron chi connectivity index (χ4n) is 1.95. The van der Waals surface area contributed by atoms with Gasteiger partial charge in [-0.05, 0) is 43.5 Å². The van der Waals surface area contributed by atoms with Gasteiger partial charge in [0.05, 0.1) is 14.2 Å². The van der Waals surface area contributed by atoms with Crippen LogP contribution in [0.4, 0.5) is 4.39 Å². The van der Waals surface area contributed by atoms with E-state index in [1.807, 2.05) is 13.0 Å². The van der Waals surface area contributed by atoms with Gasteiger partial charge in [-0.2, -0.15) is 4.89 Å². The summed E-state index contributed by atoms with van der Waals surface area (Å²) >= 11 is 0. The van der Waals surface area contributed by atoms with E-state index in [-0.39, 0.29) is 12.4 Å². The van der Waals surface area contributed by atoms with Gasteiger partial charge < -0.3 is 14.4 Å². The second kappa shape index (κ2) is 13.7. The van der Waals surface area contributed by atoms with Crippen molar-refractivity contribution in [3.63, 3.8) is 0 Å². The molecule has 0 aliphatic heterocycles. The number of allylic oxidation sites excluding steroid dienone is 5. The minimum absolute atomic E-state index is 0.128. The summed E-state index contributed by atoms with van der Waals surface area (Å²) in [6.45, 7) is 9.47. The first-order valence-electron chi connectivity index (χ1n) is 8.06. The Hall–Kier alpha value is -2.60. The number of benzene rings is 1. The molecule has 0 radical (unpaired) electrons. The van der Waals surface area contributed by atoms with Crippen LogP contribution in [-0.4, -0.2) is 20.7 Å². The van der Waals surface area contributed by atoms with E-state index in [2.05, 4.69) is 11.5 Å². The summed E-state index contributed by atoms with van der Waals surface area (Å²) in [5.74, 6) is 0.761. The van der Waals surface area contributed by atoms with Gasteiger partial charge in [0, 0.05) is 5.56 Å². The molecule has 0 spiro atoms. The van der Waals surface area contributed by atoms with Crippen LogP contribution in [0.25, 0.3) is 0 Å². The maximum Gasteiger partial charge on any atom is 0.293 e. The number of ether oxygens (including phenoxy) is 2. The lowest BCUT2D eigenvalue weighted by Crippen LogP contribution is -2.04. The lowest BCUT2D eigenvalue weighted by Gasteiger charge is -2.15. The van der Waals surface area contributed by atoms with E-state index in [9.17, 15) is 9.18 Å². The zero-order valence-corrected chi connectivity index (χ0v) is 16.0. The lowest BCUT2D eigenvalue weighted by atomic mass is 10.0. The van der Waals surface area contributed by atoms with Gasteiger partial charge in [-0.15, -0.1) is 0 Å². The molecule has 1 aromatic rings. The number of methoxy groups -OCH3 is 1. The van der Waals surface area contributed by atoms with Crippen LogP contribution in [-0.2, 0) is 27.4 Å². The maximum absolute atomic E-state index is 12.3. The summed E-state index contributed by atoms with van der Waals surface area (Å²) in [5.41, 5.74) is 2.60. The Morgan fingerprint density at radius 3 is 2.46 bits per heavy atom. The van der Waals surface area contributed by atoms with Gasteiger partial charge in [0.25, 0.3) is 6.47 Å². The van der Waals surface area contributed by atoms with Crippen LogP contribution < -0.4 is 9.62 Å². The summed E-state index contributed by atoms with van der Waals surface area (Å²) in [6, 6.07) is 3.70. The molecule has 5 nitrogen and oxygen atoms in total. The van der Waals surface area contributed by atoms with Crippen molar-refractivity contribution in [1.29, 1.82) is 0 Å². The molecular formula is C20H27FO5. The molecule has 0 aromatic heterocycles. The fourth-order valence-corrected chi connectivity index (χ4v) is 1.95. The van der Waals surface area contributed by atoms with Crippen LogP contribution in [0.3, 0.4) is 0 Å². The van der Waals surface area contributed by atoms with Crippen molar-refractivity contribution in [2.24, 2.45) is 0 Å². The second-order valence-corrected chi connectivity index (χ2v) is 5.01. The molecule has 0 fully saturated rings. The first kappa shape index (κ1) is 23.4. The number of hydrogen-bond acceptors (Lipinski definition) is 5. The topological polar surface area (TPSA) is 54.0 Å². The number of halogens is 1. The highest BCUT2D eigenvalue weighted by Crippen LogP contribution is 2.34. The van der Waals surface area contributed by atoms with Gasteiger partial charge in [0.1, 0.15) is 12.4 Å². The van der Waals surface area contributed by atoms with Gasteiger partial charge in [-0.3, -0.25) is 4.79 Å². The van der Waals surface area contributed by atoms with E-state index in [0.29, 0.717) is 18.0 Å². The number of carbonyl (C=O) groups is 1. The van der Waals surface area contributed by atoms with E-state index >= 15 is 0 Å². The summed E-state index contributed by atoms with van der Waals surface area (Å²) in [6.07, 6.45) is 5.25. The molecule has 0 N–H and O–H groups in total. The van der Waals surface area contributed by atoms with E-state index in [1.165, 1.54) is 26.4 Å². The van der Waals surface area contributed by atoms with E-state index in [0.717, 1.165) is 23.1 Å². The molecule has 26 heavy (non-hydrogen) atoms. The second-order valence-electron chi connectivity index (χ2n) is 5.01. The van der Waals surface area contributed by atoms with Gasteiger partial charge in [0.15, 0.2) is 5.75 Å². The third-order valence-electron chi connectivity index (χ3n) is 3.35. The van der Waals surface area contributed by atoms with Gasteiger partial charge >= 0.3 is 0 Å². The Bertz CT molecular complexity index is 635. The Morgan fingerprint density at radius 2 is 2.00 bits per heavy atom. The lowest BCUT2D eigenvalue weighted by molar-refractivity contribution is -0.180. The Kier molecular flexibility index (Phi) is 12.3. The molecule has 0 aliphatic carbocycles. The normalized spacial score (nSPS) is 11.2. The molecule has 0 amide bonds. The fraction of sp³-hybridized carbons (Fsp3) is 0.350. The van der Waals surface area contributed by atoms with Crippen molar-refractivity contribution in [2.45, 2.75) is 33.8 Å². The molecule has 0 saturated heterocycles. The van der Waals surface area contributed by atoms with Gasteiger partial charge in [-0.25, -0.2) is 4.39 Å². The van der Waals surface area contributed by atoms with Crippen molar-refractivity contribution < 1.29 is 28.4 Å². The molecule has 1 aromatic carbocycles. The highest BCUT2D eigenvalue weighted by molar-refractivity contribution is 5.51. The zero-order valence-electron chi connectivity index (χ0n) is 16.0. The number of rotatable bonds is 9. The Labute approximate surface area is 154 Å². The van der Waals surface area contributed by atoms with E-state index in [1.54, 1.807) is 26.0 Å². The third kappa shape index (κ3) is 7.98. The van der Waals surface area contributed by atoms with Crippen LogP contribution >= 0.6 is 0 Å². The van der Waals surface area contributed by atoms with Crippen molar-refractivity contribution in [3.05, 3.63) is 59.5 Å². The largest absolute Gasteiger partial charge is 0.493 e. The maximum atomic E-state index is 12.3. The van der Waals surface area contributed by atoms with Crippen LogP contribution in [0, 0.1) is 0 Å². The summed E-state index contributed by atoms with van der Waals surface area (Å²) in [4.78, 5) is 20.0. The predicted molar refractivity (Wildman–Crippen MR) is 99.7 cm³/mol. The molecule has 0 aliphatic rings. The molecule has 0 unspecified atom stereocenters. The summed E-state index contributed by atoms with van der Waals surface area (Å²) < 4.78 is 22.3. The quantitative estimate of drug-likeness (QED) is 0.270. The standard InChI is InChI=1S/C12H16O5.C8H11F/c1-4-9-5-6-11(14-2)12(17-15-3)10(9)7-16-8-13;1-4-7(3)6-8(9)5-2/h5-6,8H,4,7H2,1-3H3;4-6H,1H2,2-3H3/b;7-6-,8-5+. The average Bonchev–Trinajstić information content (AvgIpc) is 2.66. The van der Waals surface area contributed by atoms with Crippen LogP contribution in [0.5, 0.6) is 11.5 Å². The first-order chi connectivity index (χ1) is 12.5. The molecule has 144 valence electrons. The number of hydrogen-bond donors (Lipinski definition) is 0. The Morgan fingerprint density at radius 1 is 1.31 bits per heavy atom. The summed E-state index contributed by atoms with van der Waals surface area (Å²) in [7, 11) is 2.94. The van der Waals surface area contributed by atoms with Gasteiger partial charge in [0.2, 0.25) is 5.75 Å². The van der Waals surface area contributed by atoms with Crippen LogP contribution in [0.2, 0.25) is 0 Å². The molecule has 0 bridgehead atoms. The van der Waals surface area contributed by atoms with Gasteiger partial charge in [-0.1, -0.05) is 31.7 Å². The minimum Gasteiger partial charge on any atom is -0.493 e. The van der Waals surface area contributed by atoms with Crippen molar-refractivity contribution in [3.8, 4) is 11.5 Å². The van der Waals surface area contributed by atoms with Crippen molar-refractivity contribution in [1.82, 2.24) is 0 Å². The predicted octanol–water partition coefficient (Wildman–Crippen LogP) is 4.86. The molecule has 0 heterocycles. The van der Waals surface area contributed by atoms with E-state index < -0.39 is 0 Å². The Balaban J connectivity index is 0.000000590. The number of aryl methyl sites for hydroxylation is 1. The highest BCUT2D eigenvalue weighted by Gasteiger charge is 2.16. The smallest absolute Gasteiger partial charge is 0.293 e. The SMILES string of the molecule is C=C/C(C)=C\C(F)=C/C.CCc1ccc(OC)c(OOC)c1COC=O. The number of carbonyl (C=O) groups excluding carboxylic acids is 1. The molecule has 0 saturated carbocycles. The minimum atomic E-state index is -0.215. The monoisotopic (exact) mass is 366 g/mol. The zero-order chi connectivity index (χ0) is 19.9. The van der Waals surface area contributed by atoms with Crippen LogP contribution in [0.1, 0.15) is 31.9 Å². The molecule has 6 heteroatoms.